The van der Waals surface area contributed by atoms with Gasteiger partial charge in [-0.1, -0.05) is 25.5 Å². The Labute approximate surface area is 149 Å². The lowest BCUT2D eigenvalue weighted by Gasteiger charge is -2.26. The number of carbonyl (C=O) groups excluding carboxylic acids is 1. The van der Waals surface area contributed by atoms with Crippen LogP contribution in [-0.4, -0.2) is 54.5 Å². The van der Waals surface area contributed by atoms with Gasteiger partial charge < -0.3 is 4.90 Å². The monoisotopic (exact) mass is 348 g/mol. The first kappa shape index (κ1) is 18.3. The van der Waals surface area contributed by atoms with E-state index in [-0.39, 0.29) is 23.7 Å². The summed E-state index contributed by atoms with van der Waals surface area (Å²) in [4.78, 5) is 17.3. The molecule has 0 radical (unpaired) electrons. The van der Waals surface area contributed by atoms with Crippen LogP contribution in [-0.2, 0) is 11.3 Å². The predicted octanol–water partition coefficient (Wildman–Crippen LogP) is 1.75. The zero-order valence-corrected chi connectivity index (χ0v) is 15.0. The topological polar surface area (TPSA) is 47.6 Å². The fraction of sp³-hybridized carbons (Fsp3) is 0.632. The van der Waals surface area contributed by atoms with Crippen LogP contribution >= 0.6 is 0 Å². The fourth-order valence-electron chi connectivity index (χ4n) is 3.82. The van der Waals surface area contributed by atoms with Crippen LogP contribution in [0.1, 0.15) is 31.7 Å². The number of hydrazine groups is 1. The molecule has 0 aromatic heterocycles. The SMILES string of the molecule is CCCC1NNCC1C(=O)N1CCCN(Cc2ccc(F)cc2)CC1. The maximum atomic E-state index is 13.0. The van der Waals surface area contributed by atoms with E-state index in [1.165, 1.54) is 12.1 Å². The molecule has 2 aliphatic rings. The van der Waals surface area contributed by atoms with Crippen LogP contribution in [0.5, 0.6) is 0 Å². The Kier molecular flexibility index (Phi) is 6.39. The Morgan fingerprint density at radius 1 is 1.20 bits per heavy atom. The third kappa shape index (κ3) is 4.77. The van der Waals surface area contributed by atoms with Gasteiger partial charge >= 0.3 is 0 Å². The Bertz CT molecular complexity index is 565. The van der Waals surface area contributed by atoms with Crippen molar-refractivity contribution in [3.8, 4) is 0 Å². The molecule has 6 heteroatoms. The number of nitrogens with one attached hydrogen (secondary N) is 2. The number of hydrogen-bond acceptors (Lipinski definition) is 4. The molecule has 2 N–H and O–H groups in total. The number of nitrogens with zero attached hydrogens (tertiary/aromatic N) is 2. The van der Waals surface area contributed by atoms with Gasteiger partial charge in [0, 0.05) is 45.3 Å². The van der Waals surface area contributed by atoms with Crippen LogP contribution in [0, 0.1) is 11.7 Å². The minimum Gasteiger partial charge on any atom is -0.341 e. The molecule has 2 aliphatic heterocycles. The van der Waals surface area contributed by atoms with Crippen molar-refractivity contribution in [2.45, 2.75) is 38.8 Å². The molecule has 2 fully saturated rings. The quantitative estimate of drug-likeness (QED) is 0.851. The van der Waals surface area contributed by atoms with E-state index in [1.807, 2.05) is 17.0 Å². The number of carbonyl (C=O) groups is 1. The second-order valence-corrected chi connectivity index (χ2v) is 7.11. The highest BCUT2D eigenvalue weighted by molar-refractivity contribution is 5.80. The van der Waals surface area contributed by atoms with Gasteiger partial charge in [-0.25, -0.2) is 4.39 Å². The van der Waals surface area contributed by atoms with Gasteiger partial charge in [-0.05, 0) is 30.5 Å². The average molecular weight is 348 g/mol. The minimum atomic E-state index is -0.197. The molecule has 138 valence electrons. The van der Waals surface area contributed by atoms with E-state index in [1.54, 1.807) is 0 Å². The van der Waals surface area contributed by atoms with Crippen molar-refractivity contribution < 1.29 is 9.18 Å². The molecule has 0 aliphatic carbocycles. The second kappa shape index (κ2) is 8.74. The van der Waals surface area contributed by atoms with E-state index in [0.717, 1.165) is 64.1 Å². The summed E-state index contributed by atoms with van der Waals surface area (Å²) in [5, 5.41) is 0. The number of benzene rings is 1. The first-order chi connectivity index (χ1) is 12.2. The largest absolute Gasteiger partial charge is 0.341 e. The highest BCUT2D eigenvalue weighted by Crippen LogP contribution is 2.18. The minimum absolute atomic E-state index is 0.0450. The third-order valence-electron chi connectivity index (χ3n) is 5.23. The van der Waals surface area contributed by atoms with Crippen LogP contribution in [0.15, 0.2) is 24.3 Å². The molecule has 3 rings (SSSR count). The molecule has 2 saturated heterocycles. The lowest BCUT2D eigenvalue weighted by atomic mass is 9.96. The molecular formula is C19H29FN4O. The summed E-state index contributed by atoms with van der Waals surface area (Å²) in [6.07, 6.45) is 3.08. The van der Waals surface area contributed by atoms with Crippen molar-refractivity contribution in [2.24, 2.45) is 5.92 Å². The zero-order valence-electron chi connectivity index (χ0n) is 15.0. The summed E-state index contributed by atoms with van der Waals surface area (Å²) in [6, 6.07) is 6.95. The van der Waals surface area contributed by atoms with Crippen LogP contribution in [0.3, 0.4) is 0 Å². The molecule has 0 saturated carbocycles. The van der Waals surface area contributed by atoms with E-state index >= 15 is 0 Å². The smallest absolute Gasteiger partial charge is 0.228 e. The second-order valence-electron chi connectivity index (χ2n) is 7.11. The Balaban J connectivity index is 1.54. The maximum Gasteiger partial charge on any atom is 0.228 e. The Morgan fingerprint density at radius 3 is 2.76 bits per heavy atom. The summed E-state index contributed by atoms with van der Waals surface area (Å²) in [6.45, 7) is 7.13. The molecule has 1 aromatic carbocycles. The van der Waals surface area contributed by atoms with Crippen molar-refractivity contribution >= 4 is 5.91 Å². The predicted molar refractivity (Wildman–Crippen MR) is 96.2 cm³/mol. The summed E-state index contributed by atoms with van der Waals surface area (Å²) in [5.74, 6) is 0.125. The average Bonchev–Trinajstić information content (AvgIpc) is 2.95. The number of rotatable bonds is 5. The molecular weight excluding hydrogens is 319 g/mol. The zero-order chi connectivity index (χ0) is 17.6. The van der Waals surface area contributed by atoms with Crippen LogP contribution in [0.25, 0.3) is 0 Å². The highest BCUT2D eigenvalue weighted by atomic mass is 19.1. The van der Waals surface area contributed by atoms with Gasteiger partial charge in [0.25, 0.3) is 0 Å². The van der Waals surface area contributed by atoms with Gasteiger partial charge in [-0.2, -0.15) is 0 Å². The van der Waals surface area contributed by atoms with E-state index in [4.69, 9.17) is 0 Å². The lowest BCUT2D eigenvalue weighted by Crippen LogP contribution is -2.43. The highest BCUT2D eigenvalue weighted by Gasteiger charge is 2.35. The van der Waals surface area contributed by atoms with Crippen LogP contribution in [0.2, 0.25) is 0 Å². The first-order valence-corrected chi connectivity index (χ1v) is 9.41. The van der Waals surface area contributed by atoms with Gasteiger partial charge in [0.05, 0.1) is 5.92 Å². The molecule has 5 nitrogen and oxygen atoms in total. The normalized spacial score (nSPS) is 25.1. The third-order valence-corrected chi connectivity index (χ3v) is 5.23. The summed E-state index contributed by atoms with van der Waals surface area (Å²) >= 11 is 0. The van der Waals surface area contributed by atoms with Gasteiger partial charge in [-0.15, -0.1) is 0 Å². The first-order valence-electron chi connectivity index (χ1n) is 9.41. The summed E-state index contributed by atoms with van der Waals surface area (Å²) in [7, 11) is 0. The number of halogens is 1. The molecule has 1 aromatic rings. The summed E-state index contributed by atoms with van der Waals surface area (Å²) < 4.78 is 13.0. The van der Waals surface area contributed by atoms with Crippen LogP contribution in [0.4, 0.5) is 4.39 Å². The van der Waals surface area contributed by atoms with E-state index in [0.29, 0.717) is 0 Å². The van der Waals surface area contributed by atoms with Crippen molar-refractivity contribution in [3.63, 3.8) is 0 Å². The Hall–Kier alpha value is -1.50. The molecule has 0 spiro atoms. The van der Waals surface area contributed by atoms with E-state index in [9.17, 15) is 9.18 Å². The van der Waals surface area contributed by atoms with E-state index in [2.05, 4.69) is 22.7 Å². The molecule has 2 heterocycles. The van der Waals surface area contributed by atoms with Crippen molar-refractivity contribution in [3.05, 3.63) is 35.6 Å². The van der Waals surface area contributed by atoms with Gasteiger partial charge in [0.1, 0.15) is 5.82 Å². The number of hydrogen-bond donors (Lipinski definition) is 2. The summed E-state index contributed by atoms with van der Waals surface area (Å²) in [5.41, 5.74) is 7.52. The Morgan fingerprint density at radius 2 is 2.00 bits per heavy atom. The van der Waals surface area contributed by atoms with E-state index < -0.39 is 0 Å². The van der Waals surface area contributed by atoms with Gasteiger partial charge in [0.15, 0.2) is 0 Å². The maximum absolute atomic E-state index is 13.0. The van der Waals surface area contributed by atoms with Crippen molar-refractivity contribution in [1.82, 2.24) is 20.7 Å². The molecule has 2 atom stereocenters. The molecule has 2 unspecified atom stereocenters. The number of amides is 1. The molecule has 0 bridgehead atoms. The standard InChI is InChI=1S/C19H29FN4O/c1-2-4-18-17(13-21-22-18)19(25)24-10-3-9-23(11-12-24)14-15-5-7-16(20)8-6-15/h5-8,17-18,21-22H,2-4,9-14H2,1H3. The lowest BCUT2D eigenvalue weighted by molar-refractivity contribution is -0.135. The van der Waals surface area contributed by atoms with Crippen molar-refractivity contribution in [2.75, 3.05) is 32.7 Å². The van der Waals surface area contributed by atoms with Gasteiger partial charge in [-0.3, -0.25) is 20.5 Å². The molecule has 1 amide bonds. The van der Waals surface area contributed by atoms with Gasteiger partial charge in [0.2, 0.25) is 5.91 Å². The fourth-order valence-corrected chi connectivity index (χ4v) is 3.82. The molecule has 25 heavy (non-hydrogen) atoms. The van der Waals surface area contributed by atoms with Crippen molar-refractivity contribution in [1.29, 1.82) is 0 Å². The van der Waals surface area contributed by atoms with Crippen LogP contribution < -0.4 is 10.9 Å².